The fourth-order valence-corrected chi connectivity index (χ4v) is 5.00. The van der Waals surface area contributed by atoms with Crippen LogP contribution >= 0.6 is 0 Å². The Balaban J connectivity index is 1.60. The summed E-state index contributed by atoms with van der Waals surface area (Å²) in [6.45, 7) is 5.59. The number of ether oxygens (including phenoxy) is 1. The lowest BCUT2D eigenvalue weighted by atomic mass is 10.0. The summed E-state index contributed by atoms with van der Waals surface area (Å²) in [6.07, 6.45) is 1.83. The molecule has 7 heteroatoms. The lowest BCUT2D eigenvalue weighted by Gasteiger charge is -2.41. The normalized spacial score (nSPS) is 22.6. The molecule has 2 aliphatic heterocycles. The van der Waals surface area contributed by atoms with E-state index >= 15 is 0 Å². The van der Waals surface area contributed by atoms with Gasteiger partial charge in [0.15, 0.2) is 0 Å². The molecule has 1 aromatic carbocycles. The smallest absolute Gasteiger partial charge is 0.243 e. The number of hydrogen-bond donors (Lipinski definition) is 0. The average Bonchev–Trinajstić information content (AvgIpc) is 2.62. The van der Waals surface area contributed by atoms with E-state index in [4.69, 9.17) is 4.74 Å². The monoisotopic (exact) mass is 353 g/mol. The fraction of sp³-hybridized carbons (Fsp3) is 0.647. The van der Waals surface area contributed by atoms with Crippen LogP contribution < -0.4 is 4.74 Å². The number of likely N-dealkylation sites (N-methyl/N-ethyl adjacent to an activating group) is 1. The topological polar surface area (TPSA) is 53.1 Å². The van der Waals surface area contributed by atoms with Crippen molar-refractivity contribution in [1.29, 1.82) is 0 Å². The van der Waals surface area contributed by atoms with Crippen molar-refractivity contribution in [2.45, 2.75) is 23.8 Å². The largest absolute Gasteiger partial charge is 0.497 e. The molecule has 3 rings (SSSR count). The highest BCUT2D eigenvalue weighted by atomic mass is 32.2. The summed E-state index contributed by atoms with van der Waals surface area (Å²) in [5.41, 5.74) is 0. The molecule has 0 bridgehead atoms. The summed E-state index contributed by atoms with van der Waals surface area (Å²) in [5, 5.41) is 0. The standard InChI is InChI=1S/C17H27N3O3S/c1-18-11-13-19(14-12-18)15-7-9-20(10-8-15)24(21,22)17-5-3-16(23-2)4-6-17/h3-6,15H,7-14H2,1-2H3. The summed E-state index contributed by atoms with van der Waals surface area (Å²) in [5.74, 6) is 0.669. The summed E-state index contributed by atoms with van der Waals surface area (Å²) >= 11 is 0. The molecule has 0 N–H and O–H groups in total. The van der Waals surface area contributed by atoms with Crippen molar-refractivity contribution in [1.82, 2.24) is 14.1 Å². The zero-order valence-corrected chi connectivity index (χ0v) is 15.3. The number of piperidine rings is 1. The van der Waals surface area contributed by atoms with Crippen molar-refractivity contribution in [3.05, 3.63) is 24.3 Å². The van der Waals surface area contributed by atoms with Crippen molar-refractivity contribution in [2.24, 2.45) is 0 Å². The molecule has 2 heterocycles. The van der Waals surface area contributed by atoms with Crippen molar-refractivity contribution < 1.29 is 13.2 Å². The molecule has 2 saturated heterocycles. The summed E-state index contributed by atoms with van der Waals surface area (Å²) in [7, 11) is 0.331. The molecule has 0 radical (unpaired) electrons. The van der Waals surface area contributed by atoms with E-state index in [9.17, 15) is 8.42 Å². The first-order valence-electron chi connectivity index (χ1n) is 8.57. The molecule has 1 aromatic rings. The molecular weight excluding hydrogens is 326 g/mol. The van der Waals surface area contributed by atoms with E-state index in [-0.39, 0.29) is 0 Å². The van der Waals surface area contributed by atoms with Gasteiger partial charge in [-0.15, -0.1) is 0 Å². The van der Waals surface area contributed by atoms with Gasteiger partial charge < -0.3 is 9.64 Å². The Hall–Kier alpha value is -1.15. The molecule has 0 aromatic heterocycles. The van der Waals surface area contributed by atoms with Gasteiger partial charge in [0.2, 0.25) is 10.0 Å². The van der Waals surface area contributed by atoms with Gasteiger partial charge in [0, 0.05) is 45.3 Å². The summed E-state index contributed by atoms with van der Waals surface area (Å²) < 4.78 is 32.3. The van der Waals surface area contributed by atoms with E-state index in [0.717, 1.165) is 39.0 Å². The Labute approximate surface area is 145 Å². The van der Waals surface area contributed by atoms with E-state index < -0.39 is 10.0 Å². The van der Waals surface area contributed by atoms with Crippen molar-refractivity contribution >= 4 is 10.0 Å². The zero-order valence-electron chi connectivity index (χ0n) is 14.5. The molecule has 0 atom stereocenters. The molecular formula is C17H27N3O3S. The molecule has 0 spiro atoms. The number of hydrogen-bond acceptors (Lipinski definition) is 5. The van der Waals surface area contributed by atoms with Gasteiger partial charge in [0.05, 0.1) is 12.0 Å². The van der Waals surface area contributed by atoms with Gasteiger partial charge in [-0.3, -0.25) is 4.90 Å². The van der Waals surface area contributed by atoms with E-state index in [2.05, 4.69) is 16.8 Å². The predicted octanol–water partition coefficient (Wildman–Crippen LogP) is 1.10. The van der Waals surface area contributed by atoms with Crippen LogP contribution in [0.25, 0.3) is 0 Å². The predicted molar refractivity (Wildman–Crippen MR) is 93.8 cm³/mol. The molecule has 6 nitrogen and oxygen atoms in total. The van der Waals surface area contributed by atoms with Crippen LogP contribution in [0.5, 0.6) is 5.75 Å². The minimum absolute atomic E-state index is 0.348. The lowest BCUT2D eigenvalue weighted by molar-refractivity contribution is 0.0836. The van der Waals surface area contributed by atoms with Crippen LogP contribution in [0.1, 0.15) is 12.8 Å². The van der Waals surface area contributed by atoms with Crippen LogP contribution in [0.3, 0.4) is 0 Å². The van der Waals surface area contributed by atoms with Gasteiger partial charge in [0.25, 0.3) is 0 Å². The maximum atomic E-state index is 12.8. The van der Waals surface area contributed by atoms with Crippen LogP contribution in [0.2, 0.25) is 0 Å². The van der Waals surface area contributed by atoms with Gasteiger partial charge in [-0.05, 0) is 44.2 Å². The quantitative estimate of drug-likeness (QED) is 0.811. The van der Waals surface area contributed by atoms with Crippen LogP contribution in [-0.4, -0.2) is 82.0 Å². The first-order chi connectivity index (χ1) is 11.5. The Morgan fingerprint density at radius 1 is 0.958 bits per heavy atom. The average molecular weight is 353 g/mol. The number of methoxy groups -OCH3 is 1. The van der Waals surface area contributed by atoms with Gasteiger partial charge in [0.1, 0.15) is 5.75 Å². The van der Waals surface area contributed by atoms with E-state index in [1.807, 2.05) is 0 Å². The number of rotatable bonds is 4. The number of sulfonamides is 1. The maximum absolute atomic E-state index is 12.8. The van der Waals surface area contributed by atoms with Crippen LogP contribution in [0.15, 0.2) is 29.2 Å². The Morgan fingerprint density at radius 2 is 1.54 bits per heavy atom. The number of nitrogens with zero attached hydrogens (tertiary/aromatic N) is 3. The first kappa shape index (κ1) is 17.7. The Kier molecular flexibility index (Phi) is 5.44. The van der Waals surface area contributed by atoms with E-state index in [1.165, 1.54) is 0 Å². The SMILES string of the molecule is COc1ccc(S(=O)(=O)N2CCC(N3CCN(C)CC3)CC2)cc1. The fourth-order valence-electron chi connectivity index (χ4n) is 3.53. The third kappa shape index (κ3) is 3.74. The second-order valence-electron chi connectivity index (χ2n) is 6.65. The molecule has 2 aliphatic rings. The van der Waals surface area contributed by atoms with Crippen molar-refractivity contribution in [3.63, 3.8) is 0 Å². The minimum atomic E-state index is -3.40. The van der Waals surface area contributed by atoms with Gasteiger partial charge in [-0.1, -0.05) is 0 Å². The lowest BCUT2D eigenvalue weighted by Crippen LogP contribution is -2.52. The minimum Gasteiger partial charge on any atom is -0.497 e. The Bertz CT molecular complexity index is 632. The highest BCUT2D eigenvalue weighted by molar-refractivity contribution is 7.89. The number of piperazine rings is 1. The van der Waals surface area contributed by atoms with Crippen LogP contribution in [-0.2, 0) is 10.0 Å². The van der Waals surface area contributed by atoms with Crippen LogP contribution in [0, 0.1) is 0 Å². The highest BCUT2D eigenvalue weighted by Gasteiger charge is 2.32. The van der Waals surface area contributed by atoms with Gasteiger partial charge in [-0.25, -0.2) is 8.42 Å². The Morgan fingerprint density at radius 3 is 2.08 bits per heavy atom. The molecule has 0 unspecified atom stereocenters. The van der Waals surface area contributed by atoms with Crippen molar-refractivity contribution in [2.75, 3.05) is 53.4 Å². The number of benzene rings is 1. The van der Waals surface area contributed by atoms with E-state index in [0.29, 0.717) is 29.8 Å². The molecule has 0 saturated carbocycles. The highest BCUT2D eigenvalue weighted by Crippen LogP contribution is 2.25. The second kappa shape index (κ2) is 7.39. The third-order valence-corrected chi connectivity index (χ3v) is 7.09. The van der Waals surface area contributed by atoms with Gasteiger partial charge in [-0.2, -0.15) is 4.31 Å². The summed E-state index contributed by atoms with van der Waals surface area (Å²) in [4.78, 5) is 5.22. The first-order valence-corrected chi connectivity index (χ1v) is 10.0. The van der Waals surface area contributed by atoms with Crippen LogP contribution in [0.4, 0.5) is 0 Å². The summed E-state index contributed by atoms with van der Waals surface area (Å²) in [6, 6.07) is 7.16. The van der Waals surface area contributed by atoms with E-state index in [1.54, 1.807) is 35.7 Å². The molecule has 0 aliphatic carbocycles. The molecule has 0 amide bonds. The third-order valence-electron chi connectivity index (χ3n) is 5.17. The van der Waals surface area contributed by atoms with Gasteiger partial charge >= 0.3 is 0 Å². The molecule has 2 fully saturated rings. The molecule has 134 valence electrons. The second-order valence-corrected chi connectivity index (χ2v) is 8.59. The zero-order chi connectivity index (χ0) is 17.2. The maximum Gasteiger partial charge on any atom is 0.243 e. The molecule has 24 heavy (non-hydrogen) atoms. The van der Waals surface area contributed by atoms with Crippen molar-refractivity contribution in [3.8, 4) is 5.75 Å².